The van der Waals surface area contributed by atoms with E-state index in [0.29, 0.717) is 0 Å². The van der Waals surface area contributed by atoms with Crippen LogP contribution in [0.3, 0.4) is 0 Å². The summed E-state index contributed by atoms with van der Waals surface area (Å²) in [5, 5.41) is 0. The summed E-state index contributed by atoms with van der Waals surface area (Å²) in [6.45, 7) is 7.35. The zero-order valence-corrected chi connectivity index (χ0v) is 14.1. The van der Waals surface area contributed by atoms with Gasteiger partial charge in [-0.2, -0.15) is 0 Å². The molecule has 0 aliphatic rings. The molecule has 9 heteroatoms. The Morgan fingerprint density at radius 3 is 2.00 bits per heavy atom. The Labute approximate surface area is 130 Å². The van der Waals surface area contributed by atoms with Gasteiger partial charge in [0, 0.05) is 0 Å². The Bertz CT molecular complexity index is 316. The van der Waals surface area contributed by atoms with Crippen molar-refractivity contribution in [3.63, 3.8) is 0 Å². The summed E-state index contributed by atoms with van der Waals surface area (Å²) in [6, 6.07) is 0. The highest BCUT2D eigenvalue weighted by molar-refractivity contribution is 7.47. The summed E-state index contributed by atoms with van der Waals surface area (Å²) in [5.41, 5.74) is 0. The largest absolute Gasteiger partial charge is 0.472 e. The third-order valence-corrected chi connectivity index (χ3v) is 3.35. The molecule has 3 unspecified atom stereocenters. The van der Waals surface area contributed by atoms with Crippen LogP contribution in [-0.4, -0.2) is 58.2 Å². The highest BCUT2D eigenvalue weighted by atomic mass is 31.2. The van der Waals surface area contributed by atoms with Crippen LogP contribution in [0.2, 0.25) is 12.6 Å². The fraction of sp³-hybridized carbons (Fsp3) is 1.00. The molecule has 0 saturated carbocycles. The van der Waals surface area contributed by atoms with Crippen LogP contribution in [0.1, 0.15) is 27.7 Å². The summed E-state index contributed by atoms with van der Waals surface area (Å²) in [6.07, 6.45) is -1.05. The first-order valence-electron chi connectivity index (χ1n) is 7.03. The molecule has 0 aromatic carbocycles. The second kappa shape index (κ2) is 10.8. The molecule has 3 atom stereocenters. The summed E-state index contributed by atoms with van der Waals surface area (Å²) < 4.78 is 32.4. The maximum Gasteiger partial charge on any atom is 0.472 e. The summed E-state index contributed by atoms with van der Waals surface area (Å²) in [5.74, 6) is 0. The molecule has 0 aromatic rings. The summed E-state index contributed by atoms with van der Waals surface area (Å²) in [7, 11) is 6.75. The molecule has 1 N–H and O–H groups in total. The van der Waals surface area contributed by atoms with E-state index in [9.17, 15) is 9.46 Å². The molecule has 0 heterocycles. The van der Waals surface area contributed by atoms with Crippen molar-refractivity contribution >= 4 is 23.5 Å². The van der Waals surface area contributed by atoms with E-state index < -0.39 is 20.0 Å². The fourth-order valence-electron chi connectivity index (χ4n) is 1.39. The molecule has 120 valence electrons. The molecule has 0 aliphatic heterocycles. The number of hydrogen-bond donors (Lipinski definition) is 1. The average Bonchev–Trinajstić information content (AvgIpc) is 2.38. The molecule has 0 rings (SSSR count). The van der Waals surface area contributed by atoms with Crippen LogP contribution in [0.5, 0.6) is 0 Å². The first kappa shape index (κ1) is 21.2. The number of ether oxygens (including phenoxy) is 2. The lowest BCUT2D eigenvalue weighted by Gasteiger charge is -2.23. The van der Waals surface area contributed by atoms with E-state index in [0.717, 1.165) is 0 Å². The lowest BCUT2D eigenvalue weighted by atomic mass is 10.00. The van der Waals surface area contributed by atoms with Crippen molar-refractivity contribution in [2.75, 3.05) is 13.2 Å². The second-order valence-corrected chi connectivity index (χ2v) is 6.56. The van der Waals surface area contributed by atoms with Gasteiger partial charge in [0.15, 0.2) is 0 Å². The molecule has 0 aliphatic carbocycles. The molecule has 4 radical (unpaired) electrons. The quantitative estimate of drug-likeness (QED) is 0.437. The van der Waals surface area contributed by atoms with Gasteiger partial charge in [0.25, 0.3) is 0 Å². The lowest BCUT2D eigenvalue weighted by molar-refractivity contribution is -0.0240. The molecule has 0 spiro atoms. The van der Waals surface area contributed by atoms with E-state index in [-0.39, 0.29) is 38.1 Å². The van der Waals surface area contributed by atoms with Gasteiger partial charge in [-0.1, -0.05) is 12.6 Å². The molecule has 6 nitrogen and oxygen atoms in total. The molecular formula is C12H25B2O6P. The van der Waals surface area contributed by atoms with Crippen molar-refractivity contribution in [3.05, 3.63) is 0 Å². The Balaban J connectivity index is 4.29. The molecule has 0 saturated heterocycles. The van der Waals surface area contributed by atoms with Crippen LogP contribution in [0.25, 0.3) is 0 Å². The number of rotatable bonds is 12. The highest BCUT2D eigenvalue weighted by Gasteiger charge is 2.27. The monoisotopic (exact) mass is 318 g/mol. The van der Waals surface area contributed by atoms with Crippen molar-refractivity contribution in [1.82, 2.24) is 0 Å². The smallest absolute Gasteiger partial charge is 0.376 e. The zero-order valence-electron chi connectivity index (χ0n) is 13.2. The van der Waals surface area contributed by atoms with Gasteiger partial charge in [0.1, 0.15) is 0 Å². The van der Waals surface area contributed by atoms with Gasteiger partial charge in [-0.05, 0) is 27.7 Å². The van der Waals surface area contributed by atoms with E-state index in [1.807, 2.05) is 27.7 Å². The van der Waals surface area contributed by atoms with Crippen LogP contribution in [0.15, 0.2) is 0 Å². The molecule has 0 fully saturated rings. The van der Waals surface area contributed by atoms with Crippen LogP contribution < -0.4 is 0 Å². The normalized spacial score (nSPS) is 17.9. The third-order valence-electron chi connectivity index (χ3n) is 2.31. The van der Waals surface area contributed by atoms with Gasteiger partial charge < -0.3 is 14.4 Å². The minimum Gasteiger partial charge on any atom is -0.376 e. The Hall–Kier alpha value is 0.160. The van der Waals surface area contributed by atoms with Crippen LogP contribution in [-0.2, 0) is 23.1 Å². The van der Waals surface area contributed by atoms with Crippen molar-refractivity contribution in [3.8, 4) is 0 Å². The number of phosphoric ester groups is 1. The Morgan fingerprint density at radius 2 is 1.57 bits per heavy atom. The minimum absolute atomic E-state index is 0.0253. The van der Waals surface area contributed by atoms with Crippen molar-refractivity contribution in [2.24, 2.45) is 0 Å². The zero-order chi connectivity index (χ0) is 16.5. The lowest BCUT2D eigenvalue weighted by Crippen LogP contribution is -2.24. The summed E-state index contributed by atoms with van der Waals surface area (Å²) in [4.78, 5) is 9.66. The van der Waals surface area contributed by atoms with E-state index in [1.54, 1.807) is 0 Å². The Morgan fingerprint density at radius 1 is 1.00 bits per heavy atom. The predicted octanol–water partition coefficient (Wildman–Crippen LogP) is 1.88. The van der Waals surface area contributed by atoms with Crippen LogP contribution >= 0.6 is 7.82 Å². The van der Waals surface area contributed by atoms with Crippen molar-refractivity contribution < 1.29 is 28.0 Å². The molecule has 0 amide bonds. The fourth-order valence-corrected chi connectivity index (χ4v) is 2.32. The van der Waals surface area contributed by atoms with Gasteiger partial charge in [0.05, 0.1) is 53.3 Å². The maximum absolute atomic E-state index is 11.8. The summed E-state index contributed by atoms with van der Waals surface area (Å²) >= 11 is 0. The van der Waals surface area contributed by atoms with Gasteiger partial charge in [-0.15, -0.1) is 0 Å². The highest BCUT2D eigenvalue weighted by Crippen LogP contribution is 2.45. The van der Waals surface area contributed by atoms with Gasteiger partial charge in [-0.25, -0.2) is 4.57 Å². The van der Waals surface area contributed by atoms with Gasteiger partial charge in [-0.3, -0.25) is 9.05 Å². The molecule has 0 aromatic heterocycles. The number of phosphoric acid groups is 1. The van der Waals surface area contributed by atoms with Gasteiger partial charge >= 0.3 is 7.82 Å². The average molecular weight is 318 g/mol. The first-order valence-corrected chi connectivity index (χ1v) is 8.52. The van der Waals surface area contributed by atoms with E-state index >= 15 is 0 Å². The van der Waals surface area contributed by atoms with E-state index in [2.05, 4.69) is 0 Å². The van der Waals surface area contributed by atoms with Crippen LogP contribution in [0.4, 0.5) is 0 Å². The maximum atomic E-state index is 11.8. The van der Waals surface area contributed by atoms with E-state index in [1.165, 1.54) is 0 Å². The SMILES string of the molecule is [B]CC(COP(=O)(O)OC(C[B])COC(C)C)OC(C)C. The Kier molecular flexibility index (Phi) is 10.9. The van der Waals surface area contributed by atoms with Crippen molar-refractivity contribution in [2.45, 2.75) is 64.8 Å². The van der Waals surface area contributed by atoms with E-state index in [4.69, 9.17) is 34.2 Å². The van der Waals surface area contributed by atoms with Crippen LogP contribution in [0, 0.1) is 0 Å². The standard InChI is InChI=1S/C12H25B2O6P/c1-9(2)17-7-12(6-14)20-21(15,16)18-8-11(5-13)19-10(3)4/h9-12H,5-8H2,1-4H3,(H,15,16). The predicted molar refractivity (Wildman–Crippen MR) is 82.9 cm³/mol. The minimum atomic E-state index is -4.23. The molecule has 21 heavy (non-hydrogen) atoms. The first-order chi connectivity index (χ1) is 9.70. The molecular weight excluding hydrogens is 293 g/mol. The molecule has 0 bridgehead atoms. The third kappa shape index (κ3) is 11.4. The number of hydrogen-bond acceptors (Lipinski definition) is 5. The van der Waals surface area contributed by atoms with Gasteiger partial charge in [0.2, 0.25) is 0 Å². The topological polar surface area (TPSA) is 74.2 Å². The second-order valence-electron chi connectivity index (χ2n) is 5.15. The van der Waals surface area contributed by atoms with Crippen molar-refractivity contribution in [1.29, 1.82) is 0 Å².